The van der Waals surface area contributed by atoms with Crippen LogP contribution in [0.4, 0.5) is 0 Å². The number of aryl methyl sites for hydroxylation is 2. The van der Waals surface area contributed by atoms with Gasteiger partial charge in [0.25, 0.3) is 5.56 Å². The number of aromatic nitrogens is 3. The molecule has 0 unspecified atom stereocenters. The van der Waals surface area contributed by atoms with Crippen LogP contribution >= 0.6 is 22.7 Å². The number of rotatable bonds is 5. The van der Waals surface area contributed by atoms with Crippen LogP contribution in [0.3, 0.4) is 0 Å². The van der Waals surface area contributed by atoms with Gasteiger partial charge in [-0.05, 0) is 43.3 Å². The van der Waals surface area contributed by atoms with Gasteiger partial charge in [0, 0.05) is 22.5 Å². The number of nitrogens with one attached hydrogen (secondary N) is 1. The highest BCUT2D eigenvalue weighted by Crippen LogP contribution is 2.31. The first-order valence-corrected chi connectivity index (χ1v) is 10.3. The standard InChI is InChI=1S/C19H18N4O2S2/c1-11-8-12(2)22-18-15(11)16-17(27-18)19(25)23(10-21-16)9-14(24)20-6-5-13-4-3-7-26-13/h3-4,7-8,10H,5-6,9H2,1-2H3,(H,20,24). The van der Waals surface area contributed by atoms with Gasteiger partial charge in [0.05, 0.1) is 11.8 Å². The summed E-state index contributed by atoms with van der Waals surface area (Å²) in [6.45, 7) is 4.45. The summed E-state index contributed by atoms with van der Waals surface area (Å²) in [7, 11) is 0. The highest BCUT2D eigenvalue weighted by atomic mass is 32.1. The zero-order chi connectivity index (χ0) is 19.0. The molecule has 4 aromatic rings. The van der Waals surface area contributed by atoms with Gasteiger partial charge in [-0.25, -0.2) is 9.97 Å². The summed E-state index contributed by atoms with van der Waals surface area (Å²) in [6, 6.07) is 6.02. The van der Waals surface area contributed by atoms with Gasteiger partial charge in [-0.2, -0.15) is 0 Å². The highest BCUT2D eigenvalue weighted by Gasteiger charge is 2.15. The molecule has 1 N–H and O–H groups in total. The van der Waals surface area contributed by atoms with E-state index in [-0.39, 0.29) is 18.0 Å². The molecule has 0 aromatic carbocycles. The second kappa shape index (κ2) is 7.21. The molecule has 0 aliphatic rings. The summed E-state index contributed by atoms with van der Waals surface area (Å²) in [5.41, 5.74) is 2.43. The van der Waals surface area contributed by atoms with Crippen molar-refractivity contribution in [1.29, 1.82) is 0 Å². The molecule has 0 saturated carbocycles. The molecule has 0 fully saturated rings. The van der Waals surface area contributed by atoms with Crippen LogP contribution in [-0.4, -0.2) is 27.0 Å². The molecule has 6 nitrogen and oxygen atoms in total. The summed E-state index contributed by atoms with van der Waals surface area (Å²) in [6.07, 6.45) is 2.24. The number of nitrogens with zero attached hydrogens (tertiary/aromatic N) is 3. The largest absolute Gasteiger partial charge is 0.354 e. The number of thiophene rings is 2. The molecule has 4 aromatic heterocycles. The van der Waals surface area contributed by atoms with Crippen molar-refractivity contribution in [1.82, 2.24) is 19.9 Å². The minimum absolute atomic E-state index is 0.0358. The lowest BCUT2D eigenvalue weighted by molar-refractivity contribution is -0.121. The molecular weight excluding hydrogens is 380 g/mol. The molecule has 0 spiro atoms. The molecule has 4 rings (SSSR count). The molecule has 1 amide bonds. The maximum atomic E-state index is 12.8. The highest BCUT2D eigenvalue weighted by molar-refractivity contribution is 7.25. The third-order valence-corrected chi connectivity index (χ3v) is 6.33. The van der Waals surface area contributed by atoms with Gasteiger partial charge in [-0.1, -0.05) is 6.07 Å². The first-order valence-electron chi connectivity index (χ1n) is 8.58. The van der Waals surface area contributed by atoms with Crippen LogP contribution in [0.5, 0.6) is 0 Å². The predicted molar refractivity (Wildman–Crippen MR) is 110 cm³/mol. The number of hydrogen-bond acceptors (Lipinski definition) is 6. The Hall–Kier alpha value is -2.58. The molecule has 8 heteroatoms. The predicted octanol–water partition coefficient (Wildman–Crippen LogP) is 3.04. The van der Waals surface area contributed by atoms with Gasteiger partial charge in [0.15, 0.2) is 0 Å². The van der Waals surface area contributed by atoms with Crippen molar-refractivity contribution in [3.05, 3.63) is 56.4 Å². The van der Waals surface area contributed by atoms with Crippen molar-refractivity contribution in [3.8, 4) is 0 Å². The van der Waals surface area contributed by atoms with Crippen molar-refractivity contribution < 1.29 is 4.79 Å². The van der Waals surface area contributed by atoms with Gasteiger partial charge in [0.2, 0.25) is 5.91 Å². The normalized spacial score (nSPS) is 11.3. The van der Waals surface area contributed by atoms with Crippen LogP contribution < -0.4 is 10.9 Å². The molecule has 0 aliphatic carbocycles. The maximum absolute atomic E-state index is 12.8. The molecule has 27 heavy (non-hydrogen) atoms. The molecule has 0 bridgehead atoms. The van der Waals surface area contributed by atoms with Crippen LogP contribution in [-0.2, 0) is 17.8 Å². The Kier molecular flexibility index (Phi) is 4.75. The lowest BCUT2D eigenvalue weighted by Crippen LogP contribution is -2.33. The van der Waals surface area contributed by atoms with Crippen molar-refractivity contribution >= 4 is 49.0 Å². The first kappa shape index (κ1) is 17.8. The quantitative estimate of drug-likeness (QED) is 0.561. The Morgan fingerprint density at radius 2 is 2.19 bits per heavy atom. The van der Waals surface area contributed by atoms with E-state index in [9.17, 15) is 9.59 Å². The molecule has 0 saturated heterocycles. The number of fused-ring (bicyclic) bond motifs is 3. The van der Waals surface area contributed by atoms with Crippen LogP contribution in [0.2, 0.25) is 0 Å². The fourth-order valence-electron chi connectivity index (χ4n) is 3.10. The SMILES string of the molecule is Cc1cc(C)c2c(n1)sc1c(=O)n(CC(=O)NCCc3cccs3)cnc12. The Balaban J connectivity index is 1.56. The zero-order valence-electron chi connectivity index (χ0n) is 15.0. The average Bonchev–Trinajstić information content (AvgIpc) is 3.25. The molecule has 0 atom stereocenters. The summed E-state index contributed by atoms with van der Waals surface area (Å²) in [4.78, 5) is 36.0. The summed E-state index contributed by atoms with van der Waals surface area (Å²) < 4.78 is 1.90. The van der Waals surface area contributed by atoms with Crippen molar-refractivity contribution in [2.45, 2.75) is 26.8 Å². The van der Waals surface area contributed by atoms with E-state index < -0.39 is 0 Å². The number of carbonyl (C=O) groups excluding carboxylic acids is 1. The fraction of sp³-hybridized carbons (Fsp3) is 0.263. The van der Waals surface area contributed by atoms with Crippen LogP contribution in [0.15, 0.2) is 34.7 Å². The van der Waals surface area contributed by atoms with Gasteiger partial charge in [-0.3, -0.25) is 14.2 Å². The molecule has 138 valence electrons. The molecular formula is C19H18N4O2S2. The number of amides is 1. The molecule has 0 radical (unpaired) electrons. The number of pyridine rings is 1. The van der Waals surface area contributed by atoms with Gasteiger partial charge < -0.3 is 5.32 Å². The number of carbonyl (C=O) groups is 1. The Bertz CT molecular complexity index is 1190. The van der Waals surface area contributed by atoms with E-state index in [1.807, 2.05) is 37.4 Å². The van der Waals surface area contributed by atoms with E-state index >= 15 is 0 Å². The van der Waals surface area contributed by atoms with Crippen molar-refractivity contribution in [2.75, 3.05) is 6.54 Å². The average molecular weight is 399 g/mol. The topological polar surface area (TPSA) is 76.9 Å². The maximum Gasteiger partial charge on any atom is 0.271 e. The van der Waals surface area contributed by atoms with Crippen molar-refractivity contribution in [2.24, 2.45) is 0 Å². The van der Waals surface area contributed by atoms with E-state index in [1.54, 1.807) is 11.3 Å². The summed E-state index contributed by atoms with van der Waals surface area (Å²) >= 11 is 3.00. The van der Waals surface area contributed by atoms with E-state index in [1.165, 1.54) is 27.1 Å². The van der Waals surface area contributed by atoms with Crippen LogP contribution in [0.1, 0.15) is 16.1 Å². The summed E-state index contributed by atoms with van der Waals surface area (Å²) in [5.74, 6) is -0.193. The van der Waals surface area contributed by atoms with Gasteiger partial charge in [0.1, 0.15) is 16.1 Å². The third-order valence-electron chi connectivity index (χ3n) is 4.33. The Labute approximate surface area is 163 Å². The monoisotopic (exact) mass is 398 g/mol. The van der Waals surface area contributed by atoms with E-state index in [0.29, 0.717) is 16.8 Å². The van der Waals surface area contributed by atoms with E-state index in [4.69, 9.17) is 0 Å². The third kappa shape index (κ3) is 3.50. The zero-order valence-corrected chi connectivity index (χ0v) is 16.6. The Morgan fingerprint density at radius 1 is 1.33 bits per heavy atom. The first-order chi connectivity index (χ1) is 13.0. The lowest BCUT2D eigenvalue weighted by Gasteiger charge is -2.06. The Morgan fingerprint density at radius 3 is 2.96 bits per heavy atom. The minimum atomic E-state index is -0.201. The van der Waals surface area contributed by atoms with E-state index in [2.05, 4.69) is 15.3 Å². The van der Waals surface area contributed by atoms with Crippen molar-refractivity contribution in [3.63, 3.8) is 0 Å². The molecule has 0 aliphatic heterocycles. The molecule has 4 heterocycles. The second-order valence-corrected chi connectivity index (χ2v) is 8.43. The summed E-state index contributed by atoms with van der Waals surface area (Å²) in [5, 5.41) is 5.80. The number of hydrogen-bond donors (Lipinski definition) is 1. The van der Waals surface area contributed by atoms with Crippen LogP contribution in [0.25, 0.3) is 20.4 Å². The minimum Gasteiger partial charge on any atom is -0.354 e. The van der Waals surface area contributed by atoms with Crippen LogP contribution in [0, 0.1) is 13.8 Å². The fourth-order valence-corrected chi connectivity index (χ4v) is 5.01. The van der Waals surface area contributed by atoms with Gasteiger partial charge >= 0.3 is 0 Å². The second-order valence-electron chi connectivity index (χ2n) is 6.40. The lowest BCUT2D eigenvalue weighted by atomic mass is 10.1. The van der Waals surface area contributed by atoms with Gasteiger partial charge in [-0.15, -0.1) is 22.7 Å². The smallest absolute Gasteiger partial charge is 0.271 e. The van der Waals surface area contributed by atoms with E-state index in [0.717, 1.165) is 27.9 Å².